The number of furan rings is 1. The van der Waals surface area contributed by atoms with Crippen LogP contribution in [0.3, 0.4) is 0 Å². The van der Waals surface area contributed by atoms with Gasteiger partial charge in [-0.3, -0.25) is 4.79 Å². The third kappa shape index (κ3) is 2.93. The molecule has 1 amide bonds. The Hall–Kier alpha value is -1.29. The van der Waals surface area contributed by atoms with Crippen LogP contribution in [0.4, 0.5) is 0 Å². The Morgan fingerprint density at radius 3 is 2.83 bits per heavy atom. The Morgan fingerprint density at radius 1 is 1.39 bits per heavy atom. The molecule has 0 bridgehead atoms. The van der Waals surface area contributed by atoms with Crippen LogP contribution in [0, 0.1) is 5.41 Å². The van der Waals surface area contributed by atoms with Crippen molar-refractivity contribution in [3.8, 4) is 0 Å². The summed E-state index contributed by atoms with van der Waals surface area (Å²) >= 11 is 0. The Labute approximate surface area is 108 Å². The number of likely N-dealkylation sites (tertiary alicyclic amines) is 1. The van der Waals surface area contributed by atoms with E-state index in [9.17, 15) is 4.79 Å². The van der Waals surface area contributed by atoms with Gasteiger partial charge in [0.05, 0.1) is 6.54 Å². The highest BCUT2D eigenvalue weighted by molar-refractivity contribution is 5.91. The van der Waals surface area contributed by atoms with E-state index >= 15 is 0 Å². The van der Waals surface area contributed by atoms with Crippen LogP contribution in [0.5, 0.6) is 0 Å². The van der Waals surface area contributed by atoms with Crippen molar-refractivity contribution in [3.63, 3.8) is 0 Å². The van der Waals surface area contributed by atoms with E-state index in [0.29, 0.717) is 23.5 Å². The molecule has 2 heterocycles. The van der Waals surface area contributed by atoms with Crippen LogP contribution in [0.1, 0.15) is 49.4 Å². The van der Waals surface area contributed by atoms with Crippen LogP contribution in [-0.4, -0.2) is 23.9 Å². The number of carbonyl (C=O) groups excluding carboxylic acids is 1. The van der Waals surface area contributed by atoms with E-state index in [1.54, 1.807) is 12.1 Å². The Kier molecular flexibility index (Phi) is 3.76. The van der Waals surface area contributed by atoms with Gasteiger partial charge in [0.1, 0.15) is 5.76 Å². The Morgan fingerprint density at radius 2 is 2.17 bits per heavy atom. The van der Waals surface area contributed by atoms with Crippen LogP contribution < -0.4 is 5.73 Å². The lowest BCUT2D eigenvalue weighted by molar-refractivity contribution is 0.0723. The molecule has 18 heavy (non-hydrogen) atoms. The highest BCUT2D eigenvalue weighted by Gasteiger charge is 2.27. The number of hydrogen-bond donors (Lipinski definition) is 1. The van der Waals surface area contributed by atoms with Gasteiger partial charge in [0.15, 0.2) is 5.76 Å². The standard InChI is InChI=1S/C14H22N2O2/c1-14(2)6-3-8-16(9-7-14)13(17)12-5-4-11(10-15)18-12/h4-5H,3,6-10,15H2,1-2H3. The van der Waals surface area contributed by atoms with Crippen LogP contribution >= 0.6 is 0 Å². The van der Waals surface area contributed by atoms with Crippen molar-refractivity contribution >= 4 is 5.91 Å². The monoisotopic (exact) mass is 250 g/mol. The van der Waals surface area contributed by atoms with Gasteiger partial charge in [-0.1, -0.05) is 13.8 Å². The molecule has 4 heteroatoms. The fraction of sp³-hybridized carbons (Fsp3) is 0.643. The summed E-state index contributed by atoms with van der Waals surface area (Å²) in [6, 6.07) is 3.50. The van der Waals surface area contributed by atoms with E-state index in [4.69, 9.17) is 10.2 Å². The lowest BCUT2D eigenvalue weighted by atomic mass is 9.85. The van der Waals surface area contributed by atoms with Gasteiger partial charge in [0, 0.05) is 13.1 Å². The van der Waals surface area contributed by atoms with Gasteiger partial charge in [0.25, 0.3) is 5.91 Å². The van der Waals surface area contributed by atoms with Gasteiger partial charge in [-0.05, 0) is 36.8 Å². The van der Waals surface area contributed by atoms with Crippen LogP contribution in [-0.2, 0) is 6.54 Å². The molecule has 2 rings (SSSR count). The van der Waals surface area contributed by atoms with Crippen molar-refractivity contribution in [1.82, 2.24) is 4.90 Å². The molecule has 0 aromatic carbocycles. The van der Waals surface area contributed by atoms with Gasteiger partial charge in [-0.15, -0.1) is 0 Å². The van der Waals surface area contributed by atoms with E-state index in [-0.39, 0.29) is 5.91 Å². The van der Waals surface area contributed by atoms with Crippen molar-refractivity contribution in [1.29, 1.82) is 0 Å². The molecule has 1 aromatic rings. The second kappa shape index (κ2) is 5.14. The highest BCUT2D eigenvalue weighted by Crippen LogP contribution is 2.30. The number of hydrogen-bond acceptors (Lipinski definition) is 3. The number of amides is 1. The second-order valence-corrected chi connectivity index (χ2v) is 5.78. The van der Waals surface area contributed by atoms with Crippen molar-refractivity contribution < 1.29 is 9.21 Å². The largest absolute Gasteiger partial charge is 0.455 e. The summed E-state index contributed by atoms with van der Waals surface area (Å²) in [5.41, 5.74) is 5.82. The zero-order valence-electron chi connectivity index (χ0n) is 11.2. The summed E-state index contributed by atoms with van der Waals surface area (Å²) in [4.78, 5) is 14.2. The molecule has 1 fully saturated rings. The van der Waals surface area contributed by atoms with Gasteiger partial charge in [0.2, 0.25) is 0 Å². The molecule has 1 saturated heterocycles. The molecule has 1 aliphatic rings. The molecule has 0 unspecified atom stereocenters. The predicted molar refractivity (Wildman–Crippen MR) is 70.1 cm³/mol. The van der Waals surface area contributed by atoms with E-state index in [1.807, 2.05) is 4.90 Å². The summed E-state index contributed by atoms with van der Waals surface area (Å²) in [5.74, 6) is 1.07. The minimum Gasteiger partial charge on any atom is -0.455 e. The first kappa shape index (κ1) is 13.1. The first-order valence-corrected chi connectivity index (χ1v) is 6.60. The van der Waals surface area contributed by atoms with Gasteiger partial charge >= 0.3 is 0 Å². The Bertz CT molecular complexity index is 423. The van der Waals surface area contributed by atoms with Crippen molar-refractivity contribution in [3.05, 3.63) is 23.7 Å². The van der Waals surface area contributed by atoms with Gasteiger partial charge in [-0.25, -0.2) is 0 Å². The minimum absolute atomic E-state index is 0.00704. The van der Waals surface area contributed by atoms with Crippen LogP contribution in [0.15, 0.2) is 16.5 Å². The number of nitrogens with zero attached hydrogens (tertiary/aromatic N) is 1. The fourth-order valence-corrected chi connectivity index (χ4v) is 2.38. The lowest BCUT2D eigenvalue weighted by Gasteiger charge is -2.22. The molecular weight excluding hydrogens is 228 g/mol. The Balaban J connectivity index is 2.05. The topological polar surface area (TPSA) is 59.5 Å². The van der Waals surface area contributed by atoms with E-state index in [1.165, 1.54) is 6.42 Å². The molecular formula is C14H22N2O2. The normalized spacial score (nSPS) is 19.6. The predicted octanol–water partition coefficient (Wildman–Crippen LogP) is 2.39. The van der Waals surface area contributed by atoms with Crippen LogP contribution in [0.25, 0.3) is 0 Å². The number of carbonyl (C=O) groups is 1. The quantitative estimate of drug-likeness (QED) is 0.876. The van der Waals surface area contributed by atoms with E-state index in [2.05, 4.69) is 13.8 Å². The summed E-state index contributed by atoms with van der Waals surface area (Å²) in [7, 11) is 0. The highest BCUT2D eigenvalue weighted by atomic mass is 16.4. The molecule has 0 spiro atoms. The SMILES string of the molecule is CC1(C)CCCN(C(=O)c2ccc(CN)o2)CC1. The minimum atomic E-state index is -0.00704. The molecule has 1 aromatic heterocycles. The average molecular weight is 250 g/mol. The van der Waals surface area contributed by atoms with Crippen molar-refractivity contribution in [2.45, 2.75) is 39.7 Å². The number of nitrogens with two attached hydrogens (primary N) is 1. The van der Waals surface area contributed by atoms with E-state index in [0.717, 1.165) is 25.9 Å². The lowest BCUT2D eigenvalue weighted by Crippen LogP contribution is -2.32. The summed E-state index contributed by atoms with van der Waals surface area (Å²) < 4.78 is 5.42. The maximum absolute atomic E-state index is 12.3. The summed E-state index contributed by atoms with van der Waals surface area (Å²) in [6.45, 7) is 6.49. The third-order valence-electron chi connectivity index (χ3n) is 3.70. The van der Waals surface area contributed by atoms with Gasteiger partial charge in [-0.2, -0.15) is 0 Å². The molecule has 4 nitrogen and oxygen atoms in total. The molecule has 100 valence electrons. The summed E-state index contributed by atoms with van der Waals surface area (Å²) in [5, 5.41) is 0. The van der Waals surface area contributed by atoms with Crippen LogP contribution in [0.2, 0.25) is 0 Å². The first-order valence-electron chi connectivity index (χ1n) is 6.60. The van der Waals surface area contributed by atoms with Crippen molar-refractivity contribution in [2.24, 2.45) is 11.1 Å². The summed E-state index contributed by atoms with van der Waals surface area (Å²) in [6.07, 6.45) is 3.27. The maximum atomic E-state index is 12.3. The smallest absolute Gasteiger partial charge is 0.289 e. The van der Waals surface area contributed by atoms with Gasteiger partial charge < -0.3 is 15.1 Å². The molecule has 0 radical (unpaired) electrons. The molecule has 2 N–H and O–H groups in total. The second-order valence-electron chi connectivity index (χ2n) is 5.78. The first-order chi connectivity index (χ1) is 8.52. The molecule has 1 aliphatic heterocycles. The third-order valence-corrected chi connectivity index (χ3v) is 3.70. The molecule has 0 saturated carbocycles. The number of rotatable bonds is 2. The fourth-order valence-electron chi connectivity index (χ4n) is 2.38. The average Bonchev–Trinajstić information content (AvgIpc) is 2.74. The van der Waals surface area contributed by atoms with Crippen molar-refractivity contribution in [2.75, 3.05) is 13.1 Å². The molecule has 0 atom stereocenters. The van der Waals surface area contributed by atoms with E-state index < -0.39 is 0 Å². The zero-order valence-corrected chi connectivity index (χ0v) is 11.2. The molecule has 0 aliphatic carbocycles. The maximum Gasteiger partial charge on any atom is 0.289 e. The zero-order chi connectivity index (χ0) is 13.2.